The van der Waals surface area contributed by atoms with E-state index in [2.05, 4.69) is 240 Å². The van der Waals surface area contributed by atoms with Crippen molar-refractivity contribution in [3.8, 4) is 55.9 Å². The second-order valence-electron chi connectivity index (χ2n) is 16.5. The van der Waals surface area contributed by atoms with Crippen molar-refractivity contribution in [2.75, 3.05) is 0 Å². The Morgan fingerprint density at radius 1 is 0.254 bits per heavy atom. The normalized spacial score (nSPS) is 11.8. The van der Waals surface area contributed by atoms with Gasteiger partial charge in [0.25, 0.3) is 0 Å². The number of rotatable bonds is 6. The first-order chi connectivity index (χ1) is 31.2. The van der Waals surface area contributed by atoms with Gasteiger partial charge in [-0.15, -0.1) is 0 Å². The molecule has 294 valence electrons. The highest BCUT2D eigenvalue weighted by Gasteiger charge is 2.21. The van der Waals surface area contributed by atoms with Gasteiger partial charge in [0.1, 0.15) is 11.2 Å². The lowest BCUT2D eigenvalue weighted by Crippen LogP contribution is -1.96. The van der Waals surface area contributed by atoms with Gasteiger partial charge < -0.3 is 13.6 Å². The number of hydrogen-bond acceptors (Lipinski definition) is 1. The minimum absolute atomic E-state index is 0.859. The zero-order chi connectivity index (χ0) is 41.4. The summed E-state index contributed by atoms with van der Waals surface area (Å²) >= 11 is 0. The molecule has 13 rings (SSSR count). The zero-order valence-corrected chi connectivity index (χ0v) is 34.2. The van der Waals surface area contributed by atoms with Crippen LogP contribution in [0.15, 0.2) is 235 Å². The van der Waals surface area contributed by atoms with Gasteiger partial charge in [0.15, 0.2) is 0 Å². The summed E-state index contributed by atoms with van der Waals surface area (Å²) in [5, 5.41) is 7.03. The molecular weight excluding hydrogens is 765 g/mol. The number of aromatic nitrogens is 2. The highest BCUT2D eigenvalue weighted by Crippen LogP contribution is 2.43. The van der Waals surface area contributed by atoms with E-state index in [1.54, 1.807) is 0 Å². The molecule has 0 unspecified atom stereocenters. The average Bonchev–Trinajstić information content (AvgIpc) is 4.01. The summed E-state index contributed by atoms with van der Waals surface area (Å²) in [5.74, 6) is 0. The molecule has 0 aliphatic heterocycles. The third-order valence-electron chi connectivity index (χ3n) is 12.9. The standard InChI is InChI=1S/C60H38N2O/c1-5-14-39(15-6-1)43-24-29-53-48(34-43)49-35-44(40-16-7-2-8-17-40)25-30-54(49)61(53)47-28-33-58-52(38-47)60-57(22-13-23-59(60)63-58)62-55-31-26-45(41-18-9-3-10-19-41)36-50(55)51-37-46(27-32-56(51)62)42-20-11-4-12-21-42/h1-38H. The molecule has 63 heavy (non-hydrogen) atoms. The van der Waals surface area contributed by atoms with Gasteiger partial charge in [-0.1, -0.05) is 152 Å². The molecule has 0 spiro atoms. The Morgan fingerprint density at radius 3 is 1.06 bits per heavy atom. The fourth-order valence-electron chi connectivity index (χ4n) is 9.95. The Labute approximate surface area is 363 Å². The maximum absolute atomic E-state index is 6.72. The van der Waals surface area contributed by atoms with E-state index in [9.17, 15) is 0 Å². The summed E-state index contributed by atoms with van der Waals surface area (Å²) in [5.41, 5.74) is 18.1. The minimum atomic E-state index is 0.859. The third-order valence-corrected chi connectivity index (χ3v) is 12.9. The molecule has 3 heteroatoms. The van der Waals surface area contributed by atoms with Crippen molar-refractivity contribution < 1.29 is 4.42 Å². The highest BCUT2D eigenvalue weighted by atomic mass is 16.3. The predicted molar refractivity (Wildman–Crippen MR) is 264 cm³/mol. The van der Waals surface area contributed by atoms with Crippen LogP contribution in [0.3, 0.4) is 0 Å². The van der Waals surface area contributed by atoms with Gasteiger partial charge in [-0.25, -0.2) is 0 Å². The van der Waals surface area contributed by atoms with Gasteiger partial charge >= 0.3 is 0 Å². The lowest BCUT2D eigenvalue weighted by molar-refractivity contribution is 0.669. The summed E-state index contributed by atoms with van der Waals surface area (Å²) in [6.45, 7) is 0. The number of nitrogens with zero attached hydrogens (tertiary/aromatic N) is 2. The smallest absolute Gasteiger partial charge is 0.137 e. The van der Waals surface area contributed by atoms with E-state index >= 15 is 0 Å². The Balaban J connectivity index is 1.05. The molecule has 3 aromatic heterocycles. The maximum atomic E-state index is 6.72. The van der Waals surface area contributed by atoms with E-state index in [1.165, 1.54) is 66.1 Å². The van der Waals surface area contributed by atoms with Gasteiger partial charge in [-0.2, -0.15) is 0 Å². The molecule has 0 bridgehead atoms. The van der Waals surface area contributed by atoms with Gasteiger partial charge in [-0.05, 0) is 123 Å². The van der Waals surface area contributed by atoms with Crippen LogP contribution in [0, 0.1) is 0 Å². The maximum Gasteiger partial charge on any atom is 0.137 e. The van der Waals surface area contributed by atoms with Gasteiger partial charge in [0.05, 0.1) is 33.1 Å². The number of hydrogen-bond donors (Lipinski definition) is 0. The number of furan rings is 1. The first kappa shape index (κ1) is 35.4. The van der Waals surface area contributed by atoms with Crippen molar-refractivity contribution in [1.29, 1.82) is 0 Å². The van der Waals surface area contributed by atoms with Crippen LogP contribution in [0.2, 0.25) is 0 Å². The van der Waals surface area contributed by atoms with E-state index in [0.717, 1.165) is 55.4 Å². The molecule has 0 radical (unpaired) electrons. The van der Waals surface area contributed by atoms with E-state index in [1.807, 2.05) is 0 Å². The van der Waals surface area contributed by atoms with Crippen molar-refractivity contribution in [2.24, 2.45) is 0 Å². The lowest BCUT2D eigenvalue weighted by atomic mass is 10.0. The van der Waals surface area contributed by atoms with Crippen molar-refractivity contribution in [2.45, 2.75) is 0 Å². The monoisotopic (exact) mass is 802 g/mol. The first-order valence-corrected chi connectivity index (χ1v) is 21.6. The van der Waals surface area contributed by atoms with E-state index in [-0.39, 0.29) is 0 Å². The van der Waals surface area contributed by atoms with Crippen LogP contribution in [-0.4, -0.2) is 9.13 Å². The van der Waals surface area contributed by atoms with Crippen molar-refractivity contribution in [3.05, 3.63) is 231 Å². The average molecular weight is 803 g/mol. The predicted octanol–water partition coefficient (Wildman–Crippen LogP) is 16.4. The molecule has 0 amide bonds. The Hall–Kier alpha value is -8.40. The molecule has 0 saturated heterocycles. The summed E-state index contributed by atoms with van der Waals surface area (Å²) in [7, 11) is 0. The Morgan fingerprint density at radius 2 is 0.651 bits per heavy atom. The minimum Gasteiger partial charge on any atom is -0.456 e. The molecule has 0 aliphatic rings. The van der Waals surface area contributed by atoms with Crippen LogP contribution >= 0.6 is 0 Å². The first-order valence-electron chi connectivity index (χ1n) is 21.6. The van der Waals surface area contributed by atoms with E-state index in [0.29, 0.717) is 0 Å². The molecular formula is C60H38N2O. The lowest BCUT2D eigenvalue weighted by Gasteiger charge is -2.11. The summed E-state index contributed by atoms with van der Waals surface area (Å²) in [6, 6.07) is 83.4. The zero-order valence-electron chi connectivity index (χ0n) is 34.2. The quantitative estimate of drug-likeness (QED) is 0.164. The topological polar surface area (TPSA) is 23.0 Å². The summed E-state index contributed by atoms with van der Waals surface area (Å²) in [6.07, 6.45) is 0. The van der Waals surface area contributed by atoms with Crippen molar-refractivity contribution in [3.63, 3.8) is 0 Å². The second-order valence-corrected chi connectivity index (χ2v) is 16.5. The van der Waals surface area contributed by atoms with E-state index < -0.39 is 0 Å². The third kappa shape index (κ3) is 5.67. The molecule has 0 saturated carbocycles. The van der Waals surface area contributed by atoms with Crippen LogP contribution in [0.5, 0.6) is 0 Å². The van der Waals surface area contributed by atoms with Crippen molar-refractivity contribution in [1.82, 2.24) is 9.13 Å². The molecule has 0 N–H and O–H groups in total. The largest absolute Gasteiger partial charge is 0.456 e. The molecule has 10 aromatic carbocycles. The molecule has 3 nitrogen and oxygen atoms in total. The summed E-state index contributed by atoms with van der Waals surface area (Å²) in [4.78, 5) is 0. The molecule has 3 heterocycles. The summed E-state index contributed by atoms with van der Waals surface area (Å²) < 4.78 is 11.6. The van der Waals surface area contributed by atoms with Crippen molar-refractivity contribution >= 4 is 65.6 Å². The molecule has 0 atom stereocenters. The van der Waals surface area contributed by atoms with Crippen LogP contribution in [-0.2, 0) is 0 Å². The van der Waals surface area contributed by atoms with Gasteiger partial charge in [0, 0.05) is 32.6 Å². The highest BCUT2D eigenvalue weighted by molar-refractivity contribution is 6.17. The van der Waals surface area contributed by atoms with Crippen LogP contribution in [0.4, 0.5) is 0 Å². The molecule has 0 aliphatic carbocycles. The van der Waals surface area contributed by atoms with E-state index in [4.69, 9.17) is 4.42 Å². The van der Waals surface area contributed by atoms with Crippen LogP contribution < -0.4 is 0 Å². The number of benzene rings is 10. The van der Waals surface area contributed by atoms with Gasteiger partial charge in [-0.3, -0.25) is 0 Å². The Kier molecular flexibility index (Phi) is 7.91. The number of fused-ring (bicyclic) bond motifs is 9. The molecule has 13 aromatic rings. The Bertz CT molecular complexity index is 3680. The van der Waals surface area contributed by atoms with Crippen LogP contribution in [0.25, 0.3) is 121 Å². The SMILES string of the molecule is c1ccc(-c2ccc3c(c2)c2cc(-c4ccccc4)ccc2n3-c2ccc3oc4cccc(-n5c6ccc(-c7ccccc7)cc6c6cc(-c7ccccc7)ccc65)c4c3c2)cc1. The fraction of sp³-hybridized carbons (Fsp3) is 0. The fourth-order valence-corrected chi connectivity index (χ4v) is 9.95. The van der Waals surface area contributed by atoms with Gasteiger partial charge in [0.2, 0.25) is 0 Å². The van der Waals surface area contributed by atoms with Crippen LogP contribution in [0.1, 0.15) is 0 Å². The second kappa shape index (κ2) is 14.1. The molecule has 0 fully saturated rings.